The fourth-order valence-electron chi connectivity index (χ4n) is 0. The van der Waals surface area contributed by atoms with Crippen LogP contribution in [-0.2, 0) is 22.7 Å². The summed E-state index contributed by atoms with van der Waals surface area (Å²) < 4.78 is 24.4. The average Bonchev–Trinajstić information content (AvgIpc) is 0.811. The van der Waals surface area contributed by atoms with Crippen LogP contribution in [0, 0.1) is 39.9 Å². The Balaban J connectivity index is 0. The molecule has 1 N–H and O–H groups in total. The van der Waals surface area contributed by atoms with Gasteiger partial charge in [0.05, 0.1) is 0 Å². The van der Waals surface area contributed by atoms with Crippen LogP contribution in [0.4, 0.5) is 0 Å². The summed E-state index contributed by atoms with van der Waals surface area (Å²) in [7, 11) is 0. The van der Waals surface area contributed by atoms with Crippen molar-refractivity contribution in [3.05, 3.63) is 0 Å². The van der Waals surface area contributed by atoms with Crippen molar-refractivity contribution >= 4 is 0 Å². The van der Waals surface area contributed by atoms with Crippen molar-refractivity contribution < 1.29 is 66.7 Å². The molecule has 0 aromatic heterocycles. The van der Waals surface area contributed by atoms with Gasteiger partial charge in [0, 0.05) is 39.9 Å². The zero-order chi connectivity index (χ0) is 3.58. The first-order valence-electron chi connectivity index (χ1n) is 0.565. The monoisotopic (exact) mass is 258 g/mol. The van der Waals surface area contributed by atoms with Gasteiger partial charge in [-0.25, -0.2) is 0 Å². The third-order valence-corrected chi connectivity index (χ3v) is 0. The van der Waals surface area contributed by atoms with E-state index in [1.807, 2.05) is 0 Å². The van der Waals surface area contributed by atoms with E-state index in [0.717, 1.165) is 0 Å². The van der Waals surface area contributed by atoms with E-state index >= 15 is 0 Å². The van der Waals surface area contributed by atoms with Crippen molar-refractivity contribution in [2.24, 2.45) is 0 Å². The maximum absolute atomic E-state index is 8.67. The van der Waals surface area contributed by atoms with E-state index in [1.54, 1.807) is 0 Å². The van der Waals surface area contributed by atoms with Crippen LogP contribution in [-0.4, -0.2) is 4.03 Å². The van der Waals surface area contributed by atoms with Gasteiger partial charge < -0.3 is 0 Å². The molecular formula is HGdO3V. The van der Waals surface area contributed by atoms with Crippen molar-refractivity contribution in [3.8, 4) is 0 Å². The van der Waals surface area contributed by atoms with Gasteiger partial charge in [0.25, 0.3) is 0 Å². The van der Waals surface area contributed by atoms with E-state index in [4.69, 9.17) is 11.4 Å². The Morgan fingerprint density at radius 3 is 1.40 bits per heavy atom. The normalized spacial score (nSPS) is 5.00. The Morgan fingerprint density at radius 2 is 1.40 bits per heavy atom. The molecule has 32 valence electrons. The zero-order valence-corrected chi connectivity index (χ0v) is 5.73. The van der Waals surface area contributed by atoms with Crippen LogP contribution in [0.1, 0.15) is 0 Å². The number of rotatable bonds is 0. The molecule has 0 aliphatic heterocycles. The molecule has 0 rings (SSSR count). The SMILES string of the molecule is [Gd].[O]=[V](=[O])[OH]. The molecule has 0 aliphatic rings. The van der Waals surface area contributed by atoms with Crippen LogP contribution in [0.5, 0.6) is 0 Å². The molecule has 0 aromatic rings. The summed E-state index contributed by atoms with van der Waals surface area (Å²) in [6, 6.07) is 0. The fraction of sp³-hybridized carbons (Fsp3) is 0. The van der Waals surface area contributed by atoms with Crippen LogP contribution in [0.3, 0.4) is 0 Å². The van der Waals surface area contributed by atoms with Gasteiger partial charge >= 0.3 is 26.8 Å². The molecule has 5 heavy (non-hydrogen) atoms. The predicted octanol–water partition coefficient (Wildman–Crippen LogP) is -0.797. The van der Waals surface area contributed by atoms with Gasteiger partial charge in [0.15, 0.2) is 0 Å². The van der Waals surface area contributed by atoms with Crippen LogP contribution in [0.2, 0.25) is 0 Å². The zero-order valence-electron chi connectivity index (χ0n) is 2.06. The minimum atomic E-state index is -3.69. The summed E-state index contributed by atoms with van der Waals surface area (Å²) in [4.78, 5) is 0. The third-order valence-electron chi connectivity index (χ3n) is 0. The number of hydrogen-bond donors (Lipinski definition) is 1. The average molecular weight is 257 g/mol. The fourth-order valence-corrected chi connectivity index (χ4v) is 0. The van der Waals surface area contributed by atoms with Crippen LogP contribution >= 0.6 is 0 Å². The van der Waals surface area contributed by atoms with Gasteiger partial charge in [-0.05, 0) is 0 Å². The molecule has 0 spiro atoms. The molecule has 5 heteroatoms. The molecule has 0 radical (unpaired) electrons. The van der Waals surface area contributed by atoms with Crippen molar-refractivity contribution in [1.82, 2.24) is 0 Å². The summed E-state index contributed by atoms with van der Waals surface area (Å²) in [5.74, 6) is 0. The molecule has 0 aromatic carbocycles. The van der Waals surface area contributed by atoms with E-state index in [-0.39, 0.29) is 39.9 Å². The van der Waals surface area contributed by atoms with Gasteiger partial charge in [-0.15, -0.1) is 0 Å². The second-order valence-electron chi connectivity index (χ2n) is 0.238. The molecular weight excluding hydrogens is 256 g/mol. The second-order valence-corrected chi connectivity index (χ2v) is 0.981. The standard InChI is InChI=1S/Gd.H2O.2O.V/h;1H2;;;/q;;;;+1/p-1. The molecule has 0 saturated carbocycles. The molecule has 0 atom stereocenters. The molecule has 3 nitrogen and oxygen atoms in total. The Hall–Kier alpha value is 1.47. The summed E-state index contributed by atoms with van der Waals surface area (Å²) >= 11 is -3.69. The van der Waals surface area contributed by atoms with Crippen LogP contribution < -0.4 is 0 Å². The van der Waals surface area contributed by atoms with Gasteiger partial charge in [-0.2, -0.15) is 0 Å². The molecule has 0 heterocycles. The summed E-state index contributed by atoms with van der Waals surface area (Å²) in [5, 5.41) is 0. The summed E-state index contributed by atoms with van der Waals surface area (Å²) in [5.41, 5.74) is 0. The summed E-state index contributed by atoms with van der Waals surface area (Å²) in [6.45, 7) is 0. The van der Waals surface area contributed by atoms with Crippen molar-refractivity contribution in [3.63, 3.8) is 0 Å². The van der Waals surface area contributed by atoms with Crippen LogP contribution in [0.15, 0.2) is 0 Å². The van der Waals surface area contributed by atoms with Gasteiger partial charge in [-0.3, -0.25) is 0 Å². The third kappa shape index (κ3) is 30.5. The quantitative estimate of drug-likeness (QED) is 0.618. The molecule has 0 bridgehead atoms. The van der Waals surface area contributed by atoms with E-state index in [1.165, 1.54) is 0 Å². The Labute approximate surface area is 65.8 Å². The van der Waals surface area contributed by atoms with E-state index in [2.05, 4.69) is 0 Å². The first-order valence-corrected chi connectivity index (χ1v) is 2.33. The molecule has 0 unspecified atom stereocenters. The van der Waals surface area contributed by atoms with Crippen LogP contribution in [0.25, 0.3) is 0 Å². The van der Waals surface area contributed by atoms with Crippen molar-refractivity contribution in [2.45, 2.75) is 0 Å². The Bertz CT molecular complexity index is 55.3. The molecule has 0 fully saturated rings. The van der Waals surface area contributed by atoms with E-state index in [0.29, 0.717) is 0 Å². The minimum absolute atomic E-state index is 0. The van der Waals surface area contributed by atoms with Gasteiger partial charge in [0.2, 0.25) is 0 Å². The molecule has 0 amide bonds. The Kier molecular flexibility index (Phi) is 10.6. The van der Waals surface area contributed by atoms with Crippen molar-refractivity contribution in [1.29, 1.82) is 0 Å². The van der Waals surface area contributed by atoms with Gasteiger partial charge in [0.1, 0.15) is 0 Å². The Morgan fingerprint density at radius 1 is 1.40 bits per heavy atom. The topological polar surface area (TPSA) is 54.4 Å². The first-order chi connectivity index (χ1) is 1.73. The van der Waals surface area contributed by atoms with E-state index < -0.39 is 15.4 Å². The predicted molar refractivity (Wildman–Crippen MR) is 3.59 cm³/mol. The number of hydrogen-bond acceptors (Lipinski definition) is 2. The molecule has 0 saturated heterocycles. The molecule has 0 aliphatic carbocycles. The second kappa shape index (κ2) is 5.47. The van der Waals surface area contributed by atoms with E-state index in [9.17, 15) is 0 Å². The first kappa shape index (κ1) is 9.69. The van der Waals surface area contributed by atoms with Crippen molar-refractivity contribution in [2.75, 3.05) is 0 Å². The maximum atomic E-state index is 8.67. The summed E-state index contributed by atoms with van der Waals surface area (Å²) in [6.07, 6.45) is 0. The van der Waals surface area contributed by atoms with Gasteiger partial charge in [-0.1, -0.05) is 0 Å².